The summed E-state index contributed by atoms with van der Waals surface area (Å²) in [7, 11) is -3.53. The number of aliphatic carboxylic acids is 1. The van der Waals surface area contributed by atoms with Gasteiger partial charge in [0.2, 0.25) is 0 Å². The first-order valence-electron chi connectivity index (χ1n) is 5.48. The molecule has 0 aliphatic heterocycles. The standard InChI is InChI=1S/C11H13NO6S2/c1-7(5-11(13)14)19-10-4-3-8(20(2,17)18)6-9(10)12(15)16/h3-4,6-7H,5H2,1-2H3,(H,13,14). The fraction of sp³-hybridized carbons (Fsp3) is 0.364. The molecule has 1 unspecified atom stereocenters. The minimum absolute atomic E-state index is 0.139. The molecular formula is C11H13NO6S2. The Morgan fingerprint density at radius 1 is 1.50 bits per heavy atom. The number of nitrogens with zero attached hydrogens (tertiary/aromatic N) is 1. The first-order valence-corrected chi connectivity index (χ1v) is 8.25. The number of hydrogen-bond acceptors (Lipinski definition) is 6. The second-order valence-corrected chi connectivity index (χ2v) is 7.68. The van der Waals surface area contributed by atoms with Gasteiger partial charge in [-0.05, 0) is 12.1 Å². The lowest BCUT2D eigenvalue weighted by Crippen LogP contribution is -2.06. The third kappa shape index (κ3) is 4.49. The van der Waals surface area contributed by atoms with Crippen LogP contribution in [-0.4, -0.2) is 35.9 Å². The van der Waals surface area contributed by atoms with Crippen molar-refractivity contribution in [1.29, 1.82) is 0 Å². The maximum absolute atomic E-state index is 11.4. The summed E-state index contributed by atoms with van der Waals surface area (Å²) in [6.45, 7) is 1.63. The molecule has 9 heteroatoms. The van der Waals surface area contributed by atoms with Gasteiger partial charge in [-0.2, -0.15) is 0 Å². The molecule has 1 N–H and O–H groups in total. The van der Waals surface area contributed by atoms with Crippen LogP contribution in [0.5, 0.6) is 0 Å². The van der Waals surface area contributed by atoms with Gasteiger partial charge in [-0.15, -0.1) is 11.8 Å². The number of nitro benzene ring substituents is 1. The van der Waals surface area contributed by atoms with Crippen LogP contribution in [0.2, 0.25) is 0 Å². The van der Waals surface area contributed by atoms with E-state index >= 15 is 0 Å². The molecule has 1 rings (SSSR count). The van der Waals surface area contributed by atoms with Crippen LogP contribution in [-0.2, 0) is 14.6 Å². The van der Waals surface area contributed by atoms with Crippen LogP contribution in [0.1, 0.15) is 13.3 Å². The number of sulfone groups is 1. The molecule has 20 heavy (non-hydrogen) atoms. The Balaban J connectivity index is 3.15. The van der Waals surface area contributed by atoms with E-state index in [-0.39, 0.29) is 27.1 Å². The Morgan fingerprint density at radius 3 is 2.55 bits per heavy atom. The van der Waals surface area contributed by atoms with Crippen molar-refractivity contribution in [2.45, 2.75) is 28.4 Å². The van der Waals surface area contributed by atoms with Crippen molar-refractivity contribution < 1.29 is 23.2 Å². The van der Waals surface area contributed by atoms with Crippen LogP contribution in [0.4, 0.5) is 5.69 Å². The Morgan fingerprint density at radius 2 is 2.10 bits per heavy atom. The summed E-state index contributed by atoms with van der Waals surface area (Å²) in [5.41, 5.74) is -0.338. The highest BCUT2D eigenvalue weighted by atomic mass is 32.2. The van der Waals surface area contributed by atoms with E-state index in [1.165, 1.54) is 12.1 Å². The van der Waals surface area contributed by atoms with Gasteiger partial charge in [-0.25, -0.2) is 8.42 Å². The fourth-order valence-corrected chi connectivity index (χ4v) is 3.18. The van der Waals surface area contributed by atoms with Crippen molar-refractivity contribution >= 4 is 33.3 Å². The van der Waals surface area contributed by atoms with Crippen molar-refractivity contribution in [3.05, 3.63) is 28.3 Å². The lowest BCUT2D eigenvalue weighted by molar-refractivity contribution is -0.388. The molecule has 0 saturated heterocycles. The summed E-state index contributed by atoms with van der Waals surface area (Å²) in [4.78, 5) is 21.0. The molecule has 1 atom stereocenters. The topological polar surface area (TPSA) is 115 Å². The van der Waals surface area contributed by atoms with Crippen LogP contribution in [0.15, 0.2) is 28.0 Å². The van der Waals surface area contributed by atoms with Crippen molar-refractivity contribution in [2.75, 3.05) is 6.26 Å². The highest BCUT2D eigenvalue weighted by molar-refractivity contribution is 8.00. The maximum atomic E-state index is 11.4. The first kappa shape index (κ1) is 16.4. The second-order valence-electron chi connectivity index (χ2n) is 4.19. The lowest BCUT2D eigenvalue weighted by Gasteiger charge is -2.09. The van der Waals surface area contributed by atoms with Crippen LogP contribution in [0.3, 0.4) is 0 Å². The summed E-state index contributed by atoms with van der Waals surface area (Å²) in [6.07, 6.45) is 0.821. The molecule has 0 aromatic heterocycles. The normalized spacial score (nSPS) is 12.9. The van der Waals surface area contributed by atoms with Gasteiger partial charge in [-0.3, -0.25) is 14.9 Å². The Hall–Kier alpha value is -1.61. The zero-order valence-corrected chi connectivity index (χ0v) is 12.4. The number of carboxylic acids is 1. The van der Waals surface area contributed by atoms with Gasteiger partial charge in [0.25, 0.3) is 5.69 Å². The summed E-state index contributed by atoms with van der Waals surface area (Å²) < 4.78 is 22.8. The van der Waals surface area contributed by atoms with E-state index in [0.29, 0.717) is 0 Å². The number of nitro groups is 1. The molecule has 0 bridgehead atoms. The third-order valence-electron chi connectivity index (χ3n) is 2.35. The van der Waals surface area contributed by atoms with Crippen molar-refractivity contribution in [1.82, 2.24) is 0 Å². The average Bonchev–Trinajstić information content (AvgIpc) is 2.26. The summed E-state index contributed by atoms with van der Waals surface area (Å²) in [6, 6.07) is 3.60. The Labute approximate surface area is 120 Å². The molecular weight excluding hydrogens is 306 g/mol. The van der Waals surface area contributed by atoms with Crippen molar-refractivity contribution in [3.63, 3.8) is 0 Å². The van der Waals surface area contributed by atoms with E-state index in [2.05, 4.69) is 0 Å². The van der Waals surface area contributed by atoms with Gasteiger partial charge in [0.05, 0.1) is 21.1 Å². The zero-order valence-electron chi connectivity index (χ0n) is 10.8. The number of carboxylic acid groups (broad SMARTS) is 1. The molecule has 0 saturated carbocycles. The van der Waals surface area contributed by atoms with Gasteiger partial charge in [0, 0.05) is 17.6 Å². The van der Waals surface area contributed by atoms with Gasteiger partial charge < -0.3 is 5.11 Å². The van der Waals surface area contributed by atoms with E-state index in [9.17, 15) is 23.3 Å². The molecule has 0 fully saturated rings. The minimum atomic E-state index is -3.53. The molecule has 0 heterocycles. The second kappa shape index (κ2) is 6.23. The molecule has 0 aliphatic carbocycles. The molecule has 0 aliphatic rings. The van der Waals surface area contributed by atoms with E-state index in [4.69, 9.17) is 5.11 Å². The maximum Gasteiger partial charge on any atom is 0.304 e. The average molecular weight is 319 g/mol. The van der Waals surface area contributed by atoms with E-state index in [1.54, 1.807) is 6.92 Å². The molecule has 110 valence electrons. The fourth-order valence-electron chi connectivity index (χ4n) is 1.47. The minimum Gasteiger partial charge on any atom is -0.481 e. The number of benzene rings is 1. The van der Waals surface area contributed by atoms with Gasteiger partial charge in [0.1, 0.15) is 0 Å². The number of rotatable bonds is 6. The number of hydrogen-bond donors (Lipinski definition) is 1. The van der Waals surface area contributed by atoms with E-state index < -0.39 is 20.7 Å². The highest BCUT2D eigenvalue weighted by Crippen LogP contribution is 2.34. The largest absolute Gasteiger partial charge is 0.481 e. The molecule has 1 aromatic carbocycles. The van der Waals surface area contributed by atoms with Crippen molar-refractivity contribution in [3.8, 4) is 0 Å². The lowest BCUT2D eigenvalue weighted by atomic mass is 10.3. The predicted octanol–water partition coefficient (Wildman–Crippen LogP) is 1.95. The molecule has 1 aromatic rings. The highest BCUT2D eigenvalue weighted by Gasteiger charge is 2.21. The SMILES string of the molecule is CC(CC(=O)O)Sc1ccc(S(C)(=O)=O)cc1[N+](=O)[O-]. The summed E-state index contributed by atoms with van der Waals surface area (Å²) in [5.74, 6) is -1.000. The van der Waals surface area contributed by atoms with Crippen LogP contribution < -0.4 is 0 Å². The summed E-state index contributed by atoms with van der Waals surface area (Å²) in [5, 5.41) is 19.3. The number of thioether (sulfide) groups is 1. The monoisotopic (exact) mass is 319 g/mol. The zero-order chi connectivity index (χ0) is 15.5. The molecule has 0 amide bonds. The Kier molecular flexibility index (Phi) is 5.12. The first-order chi connectivity index (χ1) is 9.11. The molecule has 7 nitrogen and oxygen atoms in total. The molecule has 0 spiro atoms. The molecule has 0 radical (unpaired) electrons. The van der Waals surface area contributed by atoms with Gasteiger partial charge in [0.15, 0.2) is 9.84 Å². The third-order valence-corrected chi connectivity index (χ3v) is 4.62. The smallest absolute Gasteiger partial charge is 0.304 e. The van der Waals surface area contributed by atoms with Crippen molar-refractivity contribution in [2.24, 2.45) is 0 Å². The quantitative estimate of drug-likeness (QED) is 0.484. The van der Waals surface area contributed by atoms with Crippen LogP contribution in [0.25, 0.3) is 0 Å². The van der Waals surface area contributed by atoms with E-state index in [0.717, 1.165) is 24.1 Å². The van der Waals surface area contributed by atoms with Crippen LogP contribution in [0, 0.1) is 10.1 Å². The van der Waals surface area contributed by atoms with E-state index in [1.807, 2.05) is 0 Å². The van der Waals surface area contributed by atoms with Crippen LogP contribution >= 0.6 is 11.8 Å². The summed E-state index contributed by atoms with van der Waals surface area (Å²) >= 11 is 1.03. The Bertz CT molecular complexity index is 640. The predicted molar refractivity (Wildman–Crippen MR) is 73.8 cm³/mol. The number of carbonyl (C=O) groups is 1. The van der Waals surface area contributed by atoms with Gasteiger partial charge >= 0.3 is 5.97 Å². The van der Waals surface area contributed by atoms with Gasteiger partial charge in [-0.1, -0.05) is 6.92 Å².